The summed E-state index contributed by atoms with van der Waals surface area (Å²) in [5.41, 5.74) is 3.44. The molecule has 0 aliphatic carbocycles. The van der Waals surface area contributed by atoms with Crippen LogP contribution in [0, 0.1) is 0 Å². The van der Waals surface area contributed by atoms with Crippen LogP contribution in [0.3, 0.4) is 0 Å². The normalized spacial score (nSPS) is 11.0. The number of nitrogens with zero attached hydrogens (tertiary/aromatic N) is 1. The molecular weight excluding hydrogens is 383 g/mol. The van der Waals surface area contributed by atoms with E-state index in [9.17, 15) is 4.79 Å². The second-order valence-corrected chi connectivity index (χ2v) is 6.26. The number of hydrogen-bond donors (Lipinski definition) is 1. The van der Waals surface area contributed by atoms with Crippen molar-refractivity contribution in [2.45, 2.75) is 0 Å². The first-order valence-electron chi connectivity index (χ1n) is 7.18. The van der Waals surface area contributed by atoms with Crippen LogP contribution in [0.2, 0.25) is 15.1 Å². The topological polar surface area (TPSA) is 54.6 Å². The lowest BCUT2D eigenvalue weighted by Gasteiger charge is -2.02. The van der Waals surface area contributed by atoms with Crippen molar-refractivity contribution in [3.05, 3.63) is 81.0 Å². The zero-order chi connectivity index (χ0) is 17.8. The van der Waals surface area contributed by atoms with E-state index in [1.54, 1.807) is 24.3 Å². The van der Waals surface area contributed by atoms with Gasteiger partial charge in [0.05, 0.1) is 21.8 Å². The van der Waals surface area contributed by atoms with Crippen molar-refractivity contribution in [1.29, 1.82) is 0 Å². The minimum absolute atomic E-state index is 0.249. The van der Waals surface area contributed by atoms with Crippen molar-refractivity contribution < 1.29 is 9.21 Å². The van der Waals surface area contributed by atoms with E-state index in [4.69, 9.17) is 39.2 Å². The maximum atomic E-state index is 12.0. The molecule has 0 spiro atoms. The van der Waals surface area contributed by atoms with Crippen molar-refractivity contribution in [2.75, 3.05) is 0 Å². The first kappa shape index (κ1) is 17.5. The number of amides is 1. The van der Waals surface area contributed by atoms with Gasteiger partial charge in [0.15, 0.2) is 0 Å². The Morgan fingerprint density at radius 3 is 2.56 bits per heavy atom. The quantitative estimate of drug-likeness (QED) is 0.458. The lowest BCUT2D eigenvalue weighted by atomic mass is 10.2. The van der Waals surface area contributed by atoms with Crippen LogP contribution >= 0.6 is 34.8 Å². The molecule has 0 unspecified atom stereocenters. The number of hydrazone groups is 1. The second-order valence-electron chi connectivity index (χ2n) is 5.01. The van der Waals surface area contributed by atoms with E-state index in [0.717, 1.165) is 5.56 Å². The highest BCUT2D eigenvalue weighted by molar-refractivity contribution is 6.36. The largest absolute Gasteiger partial charge is 0.455 e. The van der Waals surface area contributed by atoms with Gasteiger partial charge in [-0.2, -0.15) is 5.10 Å². The summed E-state index contributed by atoms with van der Waals surface area (Å²) in [6, 6.07) is 15.4. The van der Waals surface area contributed by atoms with Gasteiger partial charge in [0.25, 0.3) is 5.91 Å². The fourth-order valence-electron chi connectivity index (χ4n) is 2.12. The van der Waals surface area contributed by atoms with Crippen LogP contribution in [0.25, 0.3) is 11.3 Å². The Bertz CT molecular complexity index is 951. The van der Waals surface area contributed by atoms with Gasteiger partial charge in [0, 0.05) is 10.6 Å². The van der Waals surface area contributed by atoms with E-state index in [1.165, 1.54) is 18.3 Å². The van der Waals surface area contributed by atoms with Gasteiger partial charge in [0.2, 0.25) is 0 Å². The molecule has 0 saturated heterocycles. The van der Waals surface area contributed by atoms with Crippen LogP contribution in [-0.4, -0.2) is 12.1 Å². The van der Waals surface area contributed by atoms with Gasteiger partial charge < -0.3 is 4.42 Å². The van der Waals surface area contributed by atoms with E-state index in [1.807, 2.05) is 18.2 Å². The van der Waals surface area contributed by atoms with Crippen LogP contribution in [0.15, 0.2) is 64.1 Å². The number of carbonyl (C=O) groups is 1. The summed E-state index contributed by atoms with van der Waals surface area (Å²) >= 11 is 17.9. The number of hydrogen-bond acceptors (Lipinski definition) is 3. The first-order valence-corrected chi connectivity index (χ1v) is 8.31. The second kappa shape index (κ2) is 7.74. The molecule has 2 aromatic carbocycles. The lowest BCUT2D eigenvalue weighted by molar-refractivity contribution is 0.0955. The standard InChI is InChI=1S/C18H11Cl3N2O2/c19-11-5-7-14(16(21)9-11)18(24)23-22-10-12-6-8-17(25-12)13-3-1-2-4-15(13)20/h1-10H,(H,23,24)/b22-10+. The van der Waals surface area contributed by atoms with Gasteiger partial charge in [-0.15, -0.1) is 0 Å². The zero-order valence-electron chi connectivity index (χ0n) is 12.7. The van der Waals surface area contributed by atoms with E-state index in [2.05, 4.69) is 10.5 Å². The third-order valence-electron chi connectivity index (χ3n) is 3.30. The minimum Gasteiger partial charge on any atom is -0.455 e. The Hall–Kier alpha value is -2.27. The maximum absolute atomic E-state index is 12.0. The van der Waals surface area contributed by atoms with Gasteiger partial charge in [-0.1, -0.05) is 46.9 Å². The highest BCUT2D eigenvalue weighted by Crippen LogP contribution is 2.28. The van der Waals surface area contributed by atoms with Crippen LogP contribution in [0.5, 0.6) is 0 Å². The first-order chi connectivity index (χ1) is 12.0. The summed E-state index contributed by atoms with van der Waals surface area (Å²) < 4.78 is 5.65. The molecule has 1 N–H and O–H groups in total. The smallest absolute Gasteiger partial charge is 0.272 e. The molecule has 1 aromatic heterocycles. The Morgan fingerprint density at radius 1 is 1.00 bits per heavy atom. The van der Waals surface area contributed by atoms with Crippen molar-refractivity contribution in [3.8, 4) is 11.3 Å². The summed E-state index contributed by atoms with van der Waals surface area (Å²) in [7, 11) is 0. The van der Waals surface area contributed by atoms with Crippen LogP contribution in [0.1, 0.15) is 16.1 Å². The molecule has 3 aromatic rings. The SMILES string of the molecule is O=C(N/N=C/c1ccc(-c2ccccc2Cl)o1)c1ccc(Cl)cc1Cl. The molecular formula is C18H11Cl3N2O2. The third kappa shape index (κ3) is 4.23. The van der Waals surface area contributed by atoms with E-state index in [0.29, 0.717) is 21.6 Å². The third-order valence-corrected chi connectivity index (χ3v) is 4.18. The Labute approximate surface area is 159 Å². The monoisotopic (exact) mass is 392 g/mol. The van der Waals surface area contributed by atoms with Crippen molar-refractivity contribution in [1.82, 2.24) is 5.43 Å². The molecule has 0 aliphatic rings. The predicted octanol–water partition coefficient (Wildman–Crippen LogP) is 5.67. The van der Waals surface area contributed by atoms with E-state index in [-0.39, 0.29) is 10.6 Å². The van der Waals surface area contributed by atoms with Gasteiger partial charge in [-0.25, -0.2) is 5.43 Å². The van der Waals surface area contributed by atoms with Gasteiger partial charge in [-0.3, -0.25) is 4.79 Å². The Balaban J connectivity index is 1.69. The summed E-state index contributed by atoms with van der Waals surface area (Å²) in [4.78, 5) is 12.0. The van der Waals surface area contributed by atoms with Gasteiger partial charge in [-0.05, 0) is 42.5 Å². The highest BCUT2D eigenvalue weighted by Gasteiger charge is 2.10. The van der Waals surface area contributed by atoms with E-state index >= 15 is 0 Å². The fourth-order valence-corrected chi connectivity index (χ4v) is 2.84. The molecule has 0 aliphatic heterocycles. The van der Waals surface area contributed by atoms with Crippen LogP contribution < -0.4 is 5.43 Å². The summed E-state index contributed by atoms with van der Waals surface area (Å²) in [5.74, 6) is 0.632. The molecule has 0 atom stereocenters. The average Bonchev–Trinajstić information content (AvgIpc) is 3.03. The zero-order valence-corrected chi connectivity index (χ0v) is 14.9. The number of carbonyl (C=O) groups excluding carboxylic acids is 1. The fraction of sp³-hybridized carbons (Fsp3) is 0. The molecule has 7 heteroatoms. The lowest BCUT2D eigenvalue weighted by Crippen LogP contribution is -2.17. The average molecular weight is 394 g/mol. The Kier molecular flexibility index (Phi) is 5.43. The molecule has 126 valence electrons. The summed E-state index contributed by atoms with van der Waals surface area (Å²) in [5, 5.41) is 5.16. The summed E-state index contributed by atoms with van der Waals surface area (Å²) in [6.07, 6.45) is 1.39. The number of nitrogens with one attached hydrogen (secondary N) is 1. The Morgan fingerprint density at radius 2 is 1.80 bits per heavy atom. The van der Waals surface area contributed by atoms with E-state index < -0.39 is 5.91 Å². The molecule has 1 amide bonds. The summed E-state index contributed by atoms with van der Waals surface area (Å²) in [6.45, 7) is 0. The van der Waals surface area contributed by atoms with Crippen molar-refractivity contribution in [2.24, 2.45) is 5.10 Å². The highest BCUT2D eigenvalue weighted by atomic mass is 35.5. The number of furan rings is 1. The molecule has 0 saturated carbocycles. The molecule has 3 rings (SSSR count). The van der Waals surface area contributed by atoms with Gasteiger partial charge >= 0.3 is 0 Å². The number of benzene rings is 2. The predicted molar refractivity (Wildman–Crippen MR) is 101 cm³/mol. The van der Waals surface area contributed by atoms with Crippen LogP contribution in [0.4, 0.5) is 0 Å². The van der Waals surface area contributed by atoms with Crippen molar-refractivity contribution in [3.63, 3.8) is 0 Å². The number of halogens is 3. The molecule has 0 radical (unpaired) electrons. The van der Waals surface area contributed by atoms with Gasteiger partial charge in [0.1, 0.15) is 11.5 Å². The maximum Gasteiger partial charge on any atom is 0.272 e. The van der Waals surface area contributed by atoms with Crippen molar-refractivity contribution >= 4 is 46.9 Å². The molecule has 25 heavy (non-hydrogen) atoms. The number of rotatable bonds is 4. The molecule has 0 bridgehead atoms. The molecule has 0 fully saturated rings. The van der Waals surface area contributed by atoms with Crippen LogP contribution in [-0.2, 0) is 0 Å². The minimum atomic E-state index is -0.448. The molecule has 1 heterocycles. The molecule has 4 nitrogen and oxygen atoms in total.